The standard InChI is InChI=1S/11C12H12O/c4*1-8-4-3-5-10(7-12(8)13)11-6-9(11)2;2*1-9-4-2-7-11(8-12(9)13)10-5-3-6-10;1-4-9(2)11-7-5-6-10(3)12(13)8-11;4*1-3-4-7-11-8-5-6-10(2)12(13)9-11/h2*3-7,11H,1-2H3;2*3-7,9H,1-2H3;2,4-5,7-8H,3,6H2,1H3;2-5,7-8,10H,6H2,1H3;4-8H,1-2H2,3H3;5-6,8-9H,7H2,1-2H3;5-6,8-9H,3H2,1-2H3;3-9H,1H2,2H3;1,5-6,8-9H,4,7H2,2H3/b;;;;;;;;;7-4+;/t;;2*9-;;;;;;;/m..10......./s1. The van der Waals surface area contributed by atoms with E-state index in [4.69, 9.17) is 6.42 Å². The molecule has 0 spiro atoms. The molecular weight excluding hydrogens is 1760 g/mol. The molecule has 0 heterocycles. The minimum Gasteiger partial charge on any atom is -0.290 e. The van der Waals surface area contributed by atoms with Crippen LogP contribution in [0.3, 0.4) is 0 Å². The average Bonchev–Trinajstić information content (AvgIpc) is 1.68. The second kappa shape index (κ2) is 58.7. The van der Waals surface area contributed by atoms with Crippen LogP contribution in [0.1, 0.15) is 214 Å². The molecule has 0 aliphatic heterocycles. The van der Waals surface area contributed by atoms with Crippen LogP contribution in [0.5, 0.6) is 0 Å². The summed E-state index contributed by atoms with van der Waals surface area (Å²) in [7, 11) is 0. The molecule has 0 aromatic heterocycles. The molecule has 0 saturated heterocycles. The highest BCUT2D eigenvalue weighted by Crippen LogP contribution is 2.40. The summed E-state index contributed by atoms with van der Waals surface area (Å²) >= 11 is 0. The third-order valence-corrected chi connectivity index (χ3v) is 24.0. The van der Waals surface area contributed by atoms with E-state index >= 15 is 0 Å². The maximum absolute atomic E-state index is 11.5. The van der Waals surface area contributed by atoms with Crippen molar-refractivity contribution in [2.75, 3.05) is 0 Å². The molecule has 0 radical (unpaired) electrons. The zero-order valence-corrected chi connectivity index (χ0v) is 85.8. The lowest BCUT2D eigenvalue weighted by molar-refractivity contribution is 0.794. The molecule has 0 saturated carbocycles. The van der Waals surface area contributed by atoms with E-state index in [1.54, 1.807) is 112 Å². The van der Waals surface area contributed by atoms with E-state index in [0.717, 1.165) is 160 Å². The lowest BCUT2D eigenvalue weighted by Crippen LogP contribution is -2.04. The van der Waals surface area contributed by atoms with Crippen LogP contribution in [-0.2, 0) is 12.8 Å². The highest BCUT2D eigenvalue weighted by atomic mass is 16.1. The van der Waals surface area contributed by atoms with Gasteiger partial charge in [-0.15, -0.1) is 18.3 Å². The van der Waals surface area contributed by atoms with Crippen LogP contribution >= 0.6 is 0 Å². The number of hydrogen-bond acceptors (Lipinski definition) is 11. The first-order valence-corrected chi connectivity index (χ1v) is 48.2. The Morgan fingerprint density at radius 2 is 0.741 bits per heavy atom. The van der Waals surface area contributed by atoms with Crippen LogP contribution in [0.2, 0.25) is 0 Å². The molecule has 6 aliphatic rings. The molecule has 0 N–H and O–H groups in total. The Balaban J connectivity index is 0.000000213. The van der Waals surface area contributed by atoms with Gasteiger partial charge in [0, 0.05) is 48.6 Å². The first-order valence-electron chi connectivity index (χ1n) is 48.2. The predicted octanol–water partition coefficient (Wildman–Crippen LogP) is 25.6. The number of allylic oxidation sites excluding steroid dienone is 16. The molecule has 3 unspecified atom stereocenters. The first kappa shape index (κ1) is 114. The summed E-state index contributed by atoms with van der Waals surface area (Å²) in [6.07, 6.45) is 33.5. The Bertz CT molecular complexity index is 7430. The molecule has 143 heavy (non-hydrogen) atoms. The fourth-order valence-corrected chi connectivity index (χ4v) is 13.8. The summed E-state index contributed by atoms with van der Waals surface area (Å²) in [6.45, 7) is 43.3. The Labute approximate surface area is 844 Å². The van der Waals surface area contributed by atoms with Crippen molar-refractivity contribution >= 4 is 28.4 Å². The molecule has 6 aliphatic carbocycles. The minimum absolute atomic E-state index is 0.0306. The average molecular weight is 1890 g/mol. The summed E-state index contributed by atoms with van der Waals surface area (Å²) < 4.78 is 0. The van der Waals surface area contributed by atoms with Gasteiger partial charge in [-0.2, -0.15) is 0 Å². The van der Waals surface area contributed by atoms with Crippen molar-refractivity contribution in [1.82, 2.24) is 0 Å². The lowest BCUT2D eigenvalue weighted by atomic mass is 9.89. The second-order valence-corrected chi connectivity index (χ2v) is 35.7. The number of aryl methyl sites for hydroxylation is 12. The van der Waals surface area contributed by atoms with Crippen LogP contribution in [0.15, 0.2) is 411 Å². The monoisotopic (exact) mass is 1890 g/mol. The summed E-state index contributed by atoms with van der Waals surface area (Å²) in [4.78, 5) is 126. The van der Waals surface area contributed by atoms with Gasteiger partial charge in [-0.3, -0.25) is 52.7 Å². The zero-order chi connectivity index (χ0) is 105. The number of hydrogen-bond donors (Lipinski definition) is 0. The summed E-state index contributed by atoms with van der Waals surface area (Å²) in [5, 5.41) is 0. The van der Waals surface area contributed by atoms with Crippen molar-refractivity contribution in [1.29, 1.82) is 0 Å². The van der Waals surface area contributed by atoms with Gasteiger partial charge in [0.2, 0.25) is 0 Å². The molecule has 5 atom stereocenters. The van der Waals surface area contributed by atoms with E-state index in [1.807, 2.05) is 269 Å². The molecule has 11 aromatic carbocycles. The van der Waals surface area contributed by atoms with Crippen LogP contribution in [-0.4, -0.2) is 0 Å². The predicted molar refractivity (Wildman–Crippen MR) is 603 cm³/mol. The number of rotatable bonds is 13. The maximum Gasteiger partial charge on any atom is 0.182 e. The van der Waals surface area contributed by atoms with Gasteiger partial charge in [0.15, 0.2) is 59.7 Å². The van der Waals surface area contributed by atoms with Crippen molar-refractivity contribution in [3.05, 3.63) is 593 Å². The quantitative estimate of drug-likeness (QED) is 0.0607. The topological polar surface area (TPSA) is 188 Å². The molecule has 0 amide bonds. The van der Waals surface area contributed by atoms with E-state index in [2.05, 4.69) is 120 Å². The molecule has 726 valence electrons. The van der Waals surface area contributed by atoms with E-state index in [0.29, 0.717) is 42.4 Å². The van der Waals surface area contributed by atoms with Gasteiger partial charge in [-0.1, -0.05) is 330 Å². The van der Waals surface area contributed by atoms with E-state index < -0.39 is 0 Å². The smallest absolute Gasteiger partial charge is 0.182 e. The van der Waals surface area contributed by atoms with Crippen molar-refractivity contribution in [2.45, 2.75) is 180 Å². The lowest BCUT2D eigenvalue weighted by Gasteiger charge is -2.16. The third-order valence-electron chi connectivity index (χ3n) is 24.0. The Kier molecular flexibility index (Phi) is 46.7. The summed E-state index contributed by atoms with van der Waals surface area (Å²) in [5.74, 6) is 16.6. The molecule has 11 aromatic rings. The van der Waals surface area contributed by atoms with Gasteiger partial charge in [-0.05, 0) is 340 Å². The fourth-order valence-electron chi connectivity index (χ4n) is 13.8. The van der Waals surface area contributed by atoms with Crippen molar-refractivity contribution < 1.29 is 0 Å². The van der Waals surface area contributed by atoms with Gasteiger partial charge in [0.1, 0.15) is 0 Å². The minimum atomic E-state index is 0.0306. The molecule has 0 bridgehead atoms. The van der Waals surface area contributed by atoms with Gasteiger partial charge < -0.3 is 0 Å². The van der Waals surface area contributed by atoms with Gasteiger partial charge in [-0.25, -0.2) is 0 Å². The molecule has 17 rings (SSSR count). The Morgan fingerprint density at radius 1 is 0.399 bits per heavy atom. The largest absolute Gasteiger partial charge is 0.290 e. The van der Waals surface area contributed by atoms with Crippen molar-refractivity contribution in [3.8, 4) is 36.0 Å². The molecule has 11 heteroatoms. The summed E-state index contributed by atoms with van der Waals surface area (Å²) in [6, 6.07) is 81.4. The molecular formula is C132H132O11. The fraction of sp³-hybridized carbons (Fsp3) is 0.220. The number of terminal acetylenes is 1. The Morgan fingerprint density at radius 3 is 1.12 bits per heavy atom. The van der Waals surface area contributed by atoms with E-state index in [-0.39, 0.29) is 59.7 Å². The van der Waals surface area contributed by atoms with Crippen LogP contribution in [0.4, 0.5) is 0 Å². The van der Waals surface area contributed by atoms with Crippen molar-refractivity contribution in [3.63, 3.8) is 0 Å². The molecule has 0 fully saturated rings. The SMILES string of the molecule is C#CCCc1cccc(C)c(=O)c1.C=C/C=C/c1cccc(C)c(=O)c1.C=CC(=C)c1cccc(C)c(=O)c1.CC#CCc1cccc(C)c(=O)c1.CC1=CC1c1cccc(C)c(=O)c1.CC1=CC1c1cccc(C)c(=O)c1.CCC#Cc1cccc(C)c(=O)c1.Cc1cccc(C2=CCC2)cc1=O.Cc1cccc(C2=C[C@@H]2C)cc1=O.Cc1cccc(C2=C[C@H]2C)cc1=O.Cc1cccc(C2C=CC2)cc1=O. The van der Waals surface area contributed by atoms with Gasteiger partial charge in [0.25, 0.3) is 0 Å². The third kappa shape index (κ3) is 40.0. The zero-order valence-electron chi connectivity index (χ0n) is 85.8. The van der Waals surface area contributed by atoms with Crippen LogP contribution < -0.4 is 59.7 Å². The maximum atomic E-state index is 11.5. The second-order valence-electron chi connectivity index (χ2n) is 35.7. The molecule has 11 nitrogen and oxygen atoms in total. The van der Waals surface area contributed by atoms with E-state index in [9.17, 15) is 52.7 Å². The normalized spacial score (nSPS) is 14.4. The van der Waals surface area contributed by atoms with Crippen LogP contribution in [0, 0.1) is 124 Å². The van der Waals surface area contributed by atoms with E-state index in [1.165, 1.54) is 27.9 Å². The summed E-state index contributed by atoms with van der Waals surface area (Å²) in [5.41, 5.74) is 28.3. The first-order chi connectivity index (χ1) is 68.4. The van der Waals surface area contributed by atoms with Crippen LogP contribution in [0.25, 0.3) is 28.4 Å². The van der Waals surface area contributed by atoms with Gasteiger partial charge >= 0.3 is 0 Å². The van der Waals surface area contributed by atoms with Gasteiger partial charge in [0.05, 0.1) is 0 Å². The highest BCUT2D eigenvalue weighted by molar-refractivity contribution is 5.80. The Hall–Kier alpha value is -16.1. The highest BCUT2D eigenvalue weighted by Gasteiger charge is 2.24. The van der Waals surface area contributed by atoms with Crippen molar-refractivity contribution in [2.24, 2.45) is 11.8 Å².